The predicted molar refractivity (Wildman–Crippen MR) is 76.9 cm³/mol. The molecule has 3 rings (SSSR count). The molecular formula is C15H14N4O2. The van der Waals surface area contributed by atoms with E-state index in [9.17, 15) is 4.79 Å². The Hall–Kier alpha value is -2.76. The Balaban J connectivity index is 2.17. The summed E-state index contributed by atoms with van der Waals surface area (Å²) in [4.78, 5) is 20.5. The van der Waals surface area contributed by atoms with Crippen molar-refractivity contribution in [1.29, 1.82) is 0 Å². The van der Waals surface area contributed by atoms with Gasteiger partial charge in [-0.25, -0.2) is 14.3 Å². The molecule has 0 N–H and O–H groups in total. The molecule has 3 heterocycles. The number of hydrogen-bond donors (Lipinski definition) is 0. The minimum atomic E-state index is -0.411. The molecule has 0 atom stereocenters. The van der Waals surface area contributed by atoms with Gasteiger partial charge in [-0.1, -0.05) is 0 Å². The average molecular weight is 282 g/mol. The Morgan fingerprint density at radius 3 is 2.81 bits per heavy atom. The summed E-state index contributed by atoms with van der Waals surface area (Å²) >= 11 is 0. The van der Waals surface area contributed by atoms with E-state index < -0.39 is 5.97 Å². The van der Waals surface area contributed by atoms with Crippen LogP contribution in [-0.4, -0.2) is 32.2 Å². The standard InChI is InChI=1S/C15H14N4O2/c1-3-21-15(20)12-9-17-19-10(2)8-13(18-14(12)19)11-4-6-16-7-5-11/h4-9H,3H2,1-2H3. The highest BCUT2D eigenvalue weighted by Crippen LogP contribution is 2.20. The lowest BCUT2D eigenvalue weighted by atomic mass is 10.2. The third-order valence-corrected chi connectivity index (χ3v) is 3.12. The van der Waals surface area contributed by atoms with Gasteiger partial charge in [-0.05, 0) is 32.0 Å². The summed E-state index contributed by atoms with van der Waals surface area (Å²) < 4.78 is 6.67. The molecule has 106 valence electrons. The first-order chi connectivity index (χ1) is 10.2. The highest BCUT2D eigenvalue weighted by atomic mass is 16.5. The fraction of sp³-hybridized carbons (Fsp3) is 0.200. The molecule has 0 amide bonds. The van der Waals surface area contributed by atoms with Gasteiger partial charge in [0.05, 0.1) is 18.5 Å². The van der Waals surface area contributed by atoms with Gasteiger partial charge >= 0.3 is 5.97 Å². The van der Waals surface area contributed by atoms with Crippen LogP contribution in [-0.2, 0) is 4.74 Å². The molecule has 21 heavy (non-hydrogen) atoms. The lowest BCUT2D eigenvalue weighted by molar-refractivity contribution is 0.0528. The molecule has 3 aromatic rings. The average Bonchev–Trinajstić information content (AvgIpc) is 2.93. The van der Waals surface area contributed by atoms with Crippen LogP contribution in [0.1, 0.15) is 23.0 Å². The topological polar surface area (TPSA) is 69.4 Å². The van der Waals surface area contributed by atoms with E-state index in [4.69, 9.17) is 4.74 Å². The molecule has 0 fully saturated rings. The zero-order chi connectivity index (χ0) is 14.8. The van der Waals surface area contributed by atoms with Gasteiger partial charge in [-0.15, -0.1) is 0 Å². The number of esters is 1. The molecule has 0 aliphatic heterocycles. The van der Waals surface area contributed by atoms with Gasteiger partial charge < -0.3 is 4.74 Å². The first-order valence-corrected chi connectivity index (χ1v) is 6.63. The van der Waals surface area contributed by atoms with E-state index in [1.807, 2.05) is 25.1 Å². The number of pyridine rings is 1. The second-order valence-electron chi connectivity index (χ2n) is 4.53. The first kappa shape index (κ1) is 13.2. The van der Waals surface area contributed by atoms with Crippen LogP contribution in [0.3, 0.4) is 0 Å². The van der Waals surface area contributed by atoms with Crippen molar-refractivity contribution in [1.82, 2.24) is 19.6 Å². The number of carbonyl (C=O) groups excluding carboxylic acids is 1. The first-order valence-electron chi connectivity index (χ1n) is 6.63. The molecule has 6 heteroatoms. The summed E-state index contributed by atoms with van der Waals surface area (Å²) in [5.41, 5.74) is 3.47. The summed E-state index contributed by atoms with van der Waals surface area (Å²) in [5, 5.41) is 4.20. The molecular weight excluding hydrogens is 268 g/mol. The summed E-state index contributed by atoms with van der Waals surface area (Å²) in [6.45, 7) is 4.01. The zero-order valence-electron chi connectivity index (χ0n) is 11.8. The molecule has 0 saturated heterocycles. The fourth-order valence-corrected chi connectivity index (χ4v) is 2.14. The Labute approximate surface area is 121 Å². The van der Waals surface area contributed by atoms with Crippen LogP contribution >= 0.6 is 0 Å². The van der Waals surface area contributed by atoms with Crippen LogP contribution in [0.5, 0.6) is 0 Å². The van der Waals surface area contributed by atoms with Gasteiger partial charge in [-0.3, -0.25) is 4.98 Å². The Morgan fingerprint density at radius 2 is 2.10 bits per heavy atom. The van der Waals surface area contributed by atoms with E-state index in [1.54, 1.807) is 23.8 Å². The highest BCUT2D eigenvalue weighted by Gasteiger charge is 2.17. The third-order valence-electron chi connectivity index (χ3n) is 3.12. The van der Waals surface area contributed by atoms with E-state index in [2.05, 4.69) is 15.1 Å². The Bertz CT molecular complexity index is 796. The van der Waals surface area contributed by atoms with Gasteiger partial charge in [-0.2, -0.15) is 5.10 Å². The molecule has 0 aliphatic carbocycles. The predicted octanol–water partition coefficient (Wildman–Crippen LogP) is 2.28. The molecule has 0 aliphatic rings. The van der Waals surface area contributed by atoms with E-state index in [0.717, 1.165) is 17.0 Å². The molecule has 0 spiro atoms. The maximum Gasteiger partial charge on any atom is 0.343 e. The largest absolute Gasteiger partial charge is 0.462 e. The van der Waals surface area contributed by atoms with Crippen molar-refractivity contribution in [2.45, 2.75) is 13.8 Å². The lowest BCUT2D eigenvalue weighted by Crippen LogP contribution is -2.06. The summed E-state index contributed by atoms with van der Waals surface area (Å²) in [7, 11) is 0. The number of aromatic nitrogens is 4. The molecule has 0 radical (unpaired) electrons. The minimum Gasteiger partial charge on any atom is -0.462 e. The minimum absolute atomic E-state index is 0.319. The highest BCUT2D eigenvalue weighted by molar-refractivity contribution is 5.95. The van der Waals surface area contributed by atoms with Gasteiger partial charge in [0.15, 0.2) is 5.65 Å². The van der Waals surface area contributed by atoms with E-state index in [1.165, 1.54) is 6.20 Å². The van der Waals surface area contributed by atoms with Gasteiger partial charge in [0.1, 0.15) is 5.56 Å². The smallest absolute Gasteiger partial charge is 0.343 e. The second kappa shape index (κ2) is 5.32. The van der Waals surface area contributed by atoms with Gasteiger partial charge in [0, 0.05) is 23.7 Å². The van der Waals surface area contributed by atoms with E-state index >= 15 is 0 Å². The molecule has 0 aromatic carbocycles. The van der Waals surface area contributed by atoms with E-state index in [0.29, 0.717) is 17.8 Å². The maximum atomic E-state index is 12.0. The molecule has 0 unspecified atom stereocenters. The van der Waals surface area contributed by atoms with E-state index in [-0.39, 0.29) is 0 Å². The van der Waals surface area contributed by atoms with Crippen LogP contribution in [0.4, 0.5) is 0 Å². The zero-order valence-corrected chi connectivity index (χ0v) is 11.8. The second-order valence-corrected chi connectivity index (χ2v) is 4.53. The molecule has 6 nitrogen and oxygen atoms in total. The monoisotopic (exact) mass is 282 g/mol. The van der Waals surface area contributed by atoms with Crippen LogP contribution in [0.15, 0.2) is 36.8 Å². The van der Waals surface area contributed by atoms with Crippen molar-refractivity contribution in [2.75, 3.05) is 6.61 Å². The fourth-order valence-electron chi connectivity index (χ4n) is 2.14. The van der Waals surface area contributed by atoms with Gasteiger partial charge in [0.25, 0.3) is 0 Å². The van der Waals surface area contributed by atoms with Crippen LogP contribution < -0.4 is 0 Å². The molecule has 3 aromatic heterocycles. The number of ether oxygens (including phenoxy) is 1. The summed E-state index contributed by atoms with van der Waals surface area (Å²) in [6, 6.07) is 5.67. The van der Waals surface area contributed by atoms with Crippen molar-refractivity contribution < 1.29 is 9.53 Å². The van der Waals surface area contributed by atoms with Crippen LogP contribution in [0, 0.1) is 6.92 Å². The normalized spacial score (nSPS) is 10.8. The number of aryl methyl sites for hydroxylation is 1. The number of fused-ring (bicyclic) bond motifs is 1. The van der Waals surface area contributed by atoms with Crippen LogP contribution in [0.2, 0.25) is 0 Å². The Morgan fingerprint density at radius 1 is 1.33 bits per heavy atom. The quantitative estimate of drug-likeness (QED) is 0.689. The summed E-state index contributed by atoms with van der Waals surface area (Å²) in [6.07, 6.45) is 4.90. The van der Waals surface area contributed by atoms with Crippen molar-refractivity contribution in [3.63, 3.8) is 0 Å². The third kappa shape index (κ3) is 2.35. The number of carbonyl (C=O) groups is 1. The Kier molecular flexibility index (Phi) is 3.35. The number of hydrogen-bond acceptors (Lipinski definition) is 5. The van der Waals surface area contributed by atoms with Crippen molar-refractivity contribution in [2.24, 2.45) is 0 Å². The van der Waals surface area contributed by atoms with Gasteiger partial charge in [0.2, 0.25) is 0 Å². The van der Waals surface area contributed by atoms with Crippen LogP contribution in [0.25, 0.3) is 16.9 Å². The van der Waals surface area contributed by atoms with Crippen molar-refractivity contribution >= 4 is 11.6 Å². The lowest BCUT2D eigenvalue weighted by Gasteiger charge is -2.05. The molecule has 0 bridgehead atoms. The number of rotatable bonds is 3. The SMILES string of the molecule is CCOC(=O)c1cnn2c(C)cc(-c3ccncc3)nc12. The summed E-state index contributed by atoms with van der Waals surface area (Å²) in [5.74, 6) is -0.411. The van der Waals surface area contributed by atoms with Crippen molar-refractivity contribution in [3.05, 3.63) is 48.0 Å². The van der Waals surface area contributed by atoms with Crippen molar-refractivity contribution in [3.8, 4) is 11.3 Å². The molecule has 0 saturated carbocycles. The number of nitrogens with zero attached hydrogens (tertiary/aromatic N) is 4. The maximum absolute atomic E-state index is 12.0.